The van der Waals surface area contributed by atoms with Gasteiger partial charge in [0.2, 0.25) is 5.91 Å². The zero-order valence-electron chi connectivity index (χ0n) is 11.0. The molecule has 0 aliphatic rings. The van der Waals surface area contributed by atoms with Gasteiger partial charge in [-0.2, -0.15) is 0 Å². The molecular formula is C14H15BrN2O3. The number of rotatable bonds is 6. The predicted molar refractivity (Wildman–Crippen MR) is 80.4 cm³/mol. The summed E-state index contributed by atoms with van der Waals surface area (Å²) in [6, 6.07) is 5.48. The molecule has 1 rings (SSSR count). The van der Waals surface area contributed by atoms with Crippen molar-refractivity contribution < 1.29 is 14.7 Å². The van der Waals surface area contributed by atoms with Crippen LogP contribution in [0.3, 0.4) is 0 Å². The van der Waals surface area contributed by atoms with Gasteiger partial charge in [0.1, 0.15) is 0 Å². The average molecular weight is 339 g/mol. The molecule has 1 aromatic rings. The van der Waals surface area contributed by atoms with Gasteiger partial charge in [0.25, 0.3) is 0 Å². The number of amides is 1. The second-order valence-electron chi connectivity index (χ2n) is 4.25. The third-order valence-corrected chi connectivity index (χ3v) is 3.00. The molecule has 0 aliphatic carbocycles. The van der Waals surface area contributed by atoms with E-state index < -0.39 is 5.97 Å². The summed E-state index contributed by atoms with van der Waals surface area (Å²) in [6.07, 6.45) is 5.15. The number of carboxylic acids is 1. The van der Waals surface area contributed by atoms with Gasteiger partial charge >= 0.3 is 5.97 Å². The van der Waals surface area contributed by atoms with Crippen molar-refractivity contribution in [3.63, 3.8) is 0 Å². The molecule has 1 amide bonds. The van der Waals surface area contributed by atoms with E-state index in [0.717, 1.165) is 10.0 Å². The van der Waals surface area contributed by atoms with E-state index in [1.165, 1.54) is 4.90 Å². The van der Waals surface area contributed by atoms with Gasteiger partial charge in [0.15, 0.2) is 0 Å². The van der Waals surface area contributed by atoms with Gasteiger partial charge in [-0.15, -0.1) is 6.42 Å². The van der Waals surface area contributed by atoms with Crippen molar-refractivity contribution in [1.82, 2.24) is 4.90 Å². The quantitative estimate of drug-likeness (QED) is 0.775. The maximum atomic E-state index is 11.9. The number of benzene rings is 1. The molecule has 0 fully saturated rings. The highest BCUT2D eigenvalue weighted by molar-refractivity contribution is 9.10. The highest BCUT2D eigenvalue weighted by atomic mass is 79.9. The fraction of sp³-hybridized carbons (Fsp3) is 0.286. The van der Waals surface area contributed by atoms with Crippen LogP contribution in [0.1, 0.15) is 5.56 Å². The summed E-state index contributed by atoms with van der Waals surface area (Å²) in [4.78, 5) is 23.9. The number of aliphatic carboxylic acids is 1. The van der Waals surface area contributed by atoms with Crippen LogP contribution in [0.4, 0.5) is 5.69 Å². The van der Waals surface area contributed by atoms with Crippen molar-refractivity contribution in [2.75, 3.05) is 25.0 Å². The Balaban J connectivity index is 2.65. The highest BCUT2D eigenvalue weighted by Gasteiger charge is 2.13. The first-order valence-electron chi connectivity index (χ1n) is 5.86. The molecule has 0 atom stereocenters. The van der Waals surface area contributed by atoms with Crippen LogP contribution in [-0.2, 0) is 9.59 Å². The van der Waals surface area contributed by atoms with Gasteiger partial charge in [-0.25, -0.2) is 0 Å². The number of anilines is 1. The fourth-order valence-electron chi connectivity index (χ4n) is 1.65. The van der Waals surface area contributed by atoms with E-state index in [-0.39, 0.29) is 25.5 Å². The molecule has 0 unspecified atom stereocenters. The van der Waals surface area contributed by atoms with Crippen molar-refractivity contribution in [2.45, 2.75) is 6.92 Å². The summed E-state index contributed by atoms with van der Waals surface area (Å²) in [5, 5.41) is 11.5. The number of aryl methyl sites for hydroxylation is 1. The molecule has 1 aromatic carbocycles. The Morgan fingerprint density at radius 2 is 2.15 bits per heavy atom. The third kappa shape index (κ3) is 5.43. The number of nitrogens with one attached hydrogen (secondary N) is 1. The molecule has 0 aliphatic heterocycles. The van der Waals surface area contributed by atoms with Crippen LogP contribution < -0.4 is 5.32 Å². The number of carbonyl (C=O) groups is 2. The Morgan fingerprint density at radius 1 is 1.45 bits per heavy atom. The standard InChI is InChI=1S/C14H15BrN2O3/c1-3-6-17(9-14(19)20)8-13(18)16-12-5-4-11(15)7-10(12)2/h1,4-5,7H,6,8-9H2,2H3,(H,16,18)(H,19,20). The number of carboxylic acid groups (broad SMARTS) is 1. The summed E-state index contributed by atoms with van der Waals surface area (Å²) in [5.41, 5.74) is 1.60. The van der Waals surface area contributed by atoms with E-state index in [0.29, 0.717) is 5.69 Å². The molecule has 106 valence electrons. The second kappa shape index (κ2) is 7.68. The van der Waals surface area contributed by atoms with E-state index in [9.17, 15) is 9.59 Å². The summed E-state index contributed by atoms with van der Waals surface area (Å²) < 4.78 is 0.924. The van der Waals surface area contributed by atoms with Crippen LogP contribution in [0, 0.1) is 19.3 Å². The number of terminal acetylenes is 1. The number of carbonyl (C=O) groups excluding carboxylic acids is 1. The van der Waals surface area contributed by atoms with Crippen LogP contribution in [0.15, 0.2) is 22.7 Å². The molecule has 0 aromatic heterocycles. The van der Waals surface area contributed by atoms with Crippen LogP contribution in [0.25, 0.3) is 0 Å². The van der Waals surface area contributed by atoms with Gasteiger partial charge in [-0.1, -0.05) is 21.9 Å². The number of hydrogen-bond acceptors (Lipinski definition) is 3. The van der Waals surface area contributed by atoms with E-state index in [2.05, 4.69) is 27.2 Å². The molecule has 20 heavy (non-hydrogen) atoms. The summed E-state index contributed by atoms with van der Waals surface area (Å²) in [6.45, 7) is 1.65. The van der Waals surface area contributed by atoms with E-state index >= 15 is 0 Å². The maximum absolute atomic E-state index is 11.9. The van der Waals surface area contributed by atoms with E-state index in [4.69, 9.17) is 11.5 Å². The summed E-state index contributed by atoms with van der Waals surface area (Å²) in [5.74, 6) is 1.02. The largest absolute Gasteiger partial charge is 0.480 e. The van der Waals surface area contributed by atoms with E-state index in [1.54, 1.807) is 6.07 Å². The van der Waals surface area contributed by atoms with Crippen molar-refractivity contribution in [1.29, 1.82) is 0 Å². The van der Waals surface area contributed by atoms with Gasteiger partial charge in [-0.3, -0.25) is 14.5 Å². The van der Waals surface area contributed by atoms with Crippen molar-refractivity contribution in [3.05, 3.63) is 28.2 Å². The normalized spacial score (nSPS) is 10.1. The Labute approximate surface area is 126 Å². The zero-order valence-corrected chi connectivity index (χ0v) is 12.6. The van der Waals surface area contributed by atoms with Crippen molar-refractivity contribution in [3.8, 4) is 12.3 Å². The Bertz CT molecular complexity index is 552. The molecular weight excluding hydrogens is 324 g/mol. The van der Waals surface area contributed by atoms with Crippen LogP contribution in [0.5, 0.6) is 0 Å². The summed E-state index contributed by atoms with van der Waals surface area (Å²) in [7, 11) is 0. The smallest absolute Gasteiger partial charge is 0.317 e. The average Bonchev–Trinajstić information content (AvgIpc) is 2.32. The monoisotopic (exact) mass is 338 g/mol. The lowest BCUT2D eigenvalue weighted by atomic mass is 10.2. The Kier molecular flexibility index (Phi) is 6.22. The lowest BCUT2D eigenvalue weighted by Crippen LogP contribution is -2.37. The topological polar surface area (TPSA) is 69.6 Å². The molecule has 0 radical (unpaired) electrons. The fourth-order valence-corrected chi connectivity index (χ4v) is 2.12. The third-order valence-electron chi connectivity index (χ3n) is 2.50. The van der Waals surface area contributed by atoms with Gasteiger partial charge in [0.05, 0.1) is 19.6 Å². The molecule has 0 spiro atoms. The Morgan fingerprint density at radius 3 is 2.70 bits per heavy atom. The first-order valence-corrected chi connectivity index (χ1v) is 6.65. The van der Waals surface area contributed by atoms with Gasteiger partial charge in [0, 0.05) is 10.2 Å². The maximum Gasteiger partial charge on any atom is 0.317 e. The van der Waals surface area contributed by atoms with Gasteiger partial charge < -0.3 is 10.4 Å². The predicted octanol–water partition coefficient (Wildman–Crippen LogP) is 1.72. The minimum atomic E-state index is -1.02. The lowest BCUT2D eigenvalue weighted by molar-refractivity contribution is -0.138. The molecule has 2 N–H and O–H groups in total. The van der Waals surface area contributed by atoms with Crippen LogP contribution in [-0.4, -0.2) is 41.5 Å². The molecule has 6 heteroatoms. The SMILES string of the molecule is C#CCN(CC(=O)O)CC(=O)Nc1ccc(Br)cc1C. The van der Waals surface area contributed by atoms with E-state index in [1.807, 2.05) is 19.1 Å². The minimum absolute atomic E-state index is 0.0635. The van der Waals surface area contributed by atoms with Crippen molar-refractivity contribution >= 4 is 33.5 Å². The van der Waals surface area contributed by atoms with Crippen LogP contribution >= 0.6 is 15.9 Å². The first kappa shape index (κ1) is 16.2. The Hall–Kier alpha value is -1.84. The molecule has 0 saturated carbocycles. The molecule has 5 nitrogen and oxygen atoms in total. The molecule has 0 bridgehead atoms. The second-order valence-corrected chi connectivity index (χ2v) is 5.17. The highest BCUT2D eigenvalue weighted by Crippen LogP contribution is 2.19. The van der Waals surface area contributed by atoms with Crippen LogP contribution in [0.2, 0.25) is 0 Å². The molecule has 0 heterocycles. The molecule has 0 saturated heterocycles. The first-order chi connectivity index (χ1) is 9.42. The number of halogens is 1. The lowest BCUT2D eigenvalue weighted by Gasteiger charge is -2.17. The van der Waals surface area contributed by atoms with Gasteiger partial charge in [-0.05, 0) is 30.7 Å². The summed E-state index contributed by atoms with van der Waals surface area (Å²) >= 11 is 3.34. The number of nitrogens with zero attached hydrogens (tertiary/aromatic N) is 1. The zero-order chi connectivity index (χ0) is 15.1. The van der Waals surface area contributed by atoms with Crippen molar-refractivity contribution in [2.24, 2.45) is 0 Å². The minimum Gasteiger partial charge on any atom is -0.480 e. The number of hydrogen-bond donors (Lipinski definition) is 2.